The first kappa shape index (κ1) is 14.7. The van der Waals surface area contributed by atoms with E-state index in [1.54, 1.807) is 0 Å². The summed E-state index contributed by atoms with van der Waals surface area (Å²) in [6, 6.07) is 8.45. The van der Waals surface area contributed by atoms with Gasteiger partial charge in [-0.1, -0.05) is 46.8 Å². The molecular weight excluding hydrogens is 248 g/mol. The van der Waals surface area contributed by atoms with Gasteiger partial charge in [-0.3, -0.25) is 0 Å². The third-order valence-corrected chi connectivity index (χ3v) is 3.37. The number of nitrogens with two attached hydrogens (primary N) is 1. The predicted molar refractivity (Wildman–Crippen MR) is 82.0 cm³/mol. The SMILES string of the molecule is CC(C)c1nc(CN)n(-c2ccc(C(C)(C)C)cc2)n1. The lowest BCUT2D eigenvalue weighted by molar-refractivity contribution is 0.590. The lowest BCUT2D eigenvalue weighted by Crippen LogP contribution is -2.12. The van der Waals surface area contributed by atoms with Gasteiger partial charge in [-0.15, -0.1) is 0 Å². The normalized spacial score (nSPS) is 12.2. The van der Waals surface area contributed by atoms with Gasteiger partial charge < -0.3 is 5.73 Å². The van der Waals surface area contributed by atoms with E-state index in [-0.39, 0.29) is 5.41 Å². The summed E-state index contributed by atoms with van der Waals surface area (Å²) in [5.41, 5.74) is 8.25. The minimum atomic E-state index is 0.153. The van der Waals surface area contributed by atoms with Crippen LogP contribution in [0.3, 0.4) is 0 Å². The highest BCUT2D eigenvalue weighted by atomic mass is 15.4. The molecule has 0 bridgehead atoms. The molecule has 0 unspecified atom stereocenters. The summed E-state index contributed by atoms with van der Waals surface area (Å²) in [6.45, 7) is 11.2. The molecule has 1 heterocycles. The first-order valence-corrected chi connectivity index (χ1v) is 7.09. The molecule has 0 radical (unpaired) electrons. The Morgan fingerprint density at radius 1 is 1.15 bits per heavy atom. The lowest BCUT2D eigenvalue weighted by atomic mass is 9.87. The molecular formula is C16H24N4. The Morgan fingerprint density at radius 3 is 2.20 bits per heavy atom. The van der Waals surface area contributed by atoms with Crippen LogP contribution in [0.2, 0.25) is 0 Å². The van der Waals surface area contributed by atoms with Gasteiger partial charge in [0.25, 0.3) is 0 Å². The monoisotopic (exact) mass is 272 g/mol. The molecule has 0 saturated carbocycles. The molecule has 2 aromatic rings. The van der Waals surface area contributed by atoms with Crippen molar-refractivity contribution in [2.75, 3.05) is 0 Å². The van der Waals surface area contributed by atoms with Gasteiger partial charge in [0.1, 0.15) is 5.82 Å². The Bertz CT molecular complexity index is 574. The van der Waals surface area contributed by atoms with Crippen LogP contribution in [0.5, 0.6) is 0 Å². The van der Waals surface area contributed by atoms with E-state index in [2.05, 4.69) is 69.0 Å². The highest BCUT2D eigenvalue weighted by Gasteiger charge is 2.15. The van der Waals surface area contributed by atoms with Gasteiger partial charge in [-0.2, -0.15) is 5.10 Å². The second-order valence-corrected chi connectivity index (χ2v) is 6.45. The van der Waals surface area contributed by atoms with Gasteiger partial charge in [-0.05, 0) is 23.1 Å². The minimum absolute atomic E-state index is 0.153. The van der Waals surface area contributed by atoms with Crippen LogP contribution in [-0.2, 0) is 12.0 Å². The molecule has 0 spiro atoms. The van der Waals surface area contributed by atoms with Crippen molar-refractivity contribution in [2.45, 2.75) is 52.5 Å². The summed E-state index contributed by atoms with van der Waals surface area (Å²) in [4.78, 5) is 4.50. The first-order valence-electron chi connectivity index (χ1n) is 7.09. The van der Waals surface area contributed by atoms with Crippen LogP contribution in [-0.4, -0.2) is 14.8 Å². The van der Waals surface area contributed by atoms with Gasteiger partial charge in [0, 0.05) is 5.92 Å². The molecule has 4 nitrogen and oxygen atoms in total. The number of hydrogen-bond acceptors (Lipinski definition) is 3. The van der Waals surface area contributed by atoms with E-state index in [4.69, 9.17) is 5.73 Å². The van der Waals surface area contributed by atoms with Crippen molar-refractivity contribution in [3.63, 3.8) is 0 Å². The fourth-order valence-corrected chi connectivity index (χ4v) is 2.05. The third kappa shape index (κ3) is 2.90. The van der Waals surface area contributed by atoms with Gasteiger partial charge in [0.15, 0.2) is 5.82 Å². The summed E-state index contributed by atoms with van der Waals surface area (Å²) in [7, 11) is 0. The number of rotatable bonds is 3. The van der Waals surface area contributed by atoms with E-state index in [9.17, 15) is 0 Å². The van der Waals surface area contributed by atoms with Crippen molar-refractivity contribution in [2.24, 2.45) is 5.73 Å². The molecule has 4 heteroatoms. The Balaban J connectivity index is 2.41. The fraction of sp³-hybridized carbons (Fsp3) is 0.500. The summed E-state index contributed by atoms with van der Waals surface area (Å²) >= 11 is 0. The maximum absolute atomic E-state index is 5.78. The summed E-state index contributed by atoms with van der Waals surface area (Å²) in [6.07, 6.45) is 0. The van der Waals surface area contributed by atoms with E-state index in [1.807, 2.05) is 4.68 Å². The molecule has 0 atom stereocenters. The Kier molecular flexibility index (Phi) is 3.95. The van der Waals surface area contributed by atoms with E-state index in [1.165, 1.54) is 5.56 Å². The van der Waals surface area contributed by atoms with Crippen LogP contribution in [0.25, 0.3) is 5.69 Å². The Labute approximate surface area is 121 Å². The second-order valence-electron chi connectivity index (χ2n) is 6.45. The van der Waals surface area contributed by atoms with Crippen molar-refractivity contribution in [1.29, 1.82) is 0 Å². The maximum atomic E-state index is 5.78. The van der Waals surface area contributed by atoms with Crippen LogP contribution >= 0.6 is 0 Å². The molecule has 20 heavy (non-hydrogen) atoms. The quantitative estimate of drug-likeness (QED) is 0.933. The zero-order valence-electron chi connectivity index (χ0n) is 13.0. The predicted octanol–water partition coefficient (Wildman–Crippen LogP) is 3.15. The zero-order chi connectivity index (χ0) is 14.9. The standard InChI is InChI=1S/C16H24N4/c1-11(2)15-18-14(10-17)20(19-15)13-8-6-12(7-9-13)16(3,4)5/h6-9,11H,10,17H2,1-5H3. The smallest absolute Gasteiger partial charge is 0.153 e. The average Bonchev–Trinajstić information content (AvgIpc) is 2.82. The number of nitrogens with zero attached hydrogens (tertiary/aromatic N) is 3. The van der Waals surface area contributed by atoms with E-state index in [0.29, 0.717) is 12.5 Å². The molecule has 0 aliphatic carbocycles. The lowest BCUT2D eigenvalue weighted by Gasteiger charge is -2.19. The largest absolute Gasteiger partial charge is 0.324 e. The van der Waals surface area contributed by atoms with Crippen LogP contribution in [0.4, 0.5) is 0 Å². The molecule has 2 N–H and O–H groups in total. The van der Waals surface area contributed by atoms with Crippen molar-refractivity contribution < 1.29 is 0 Å². The molecule has 2 rings (SSSR count). The van der Waals surface area contributed by atoms with Crippen molar-refractivity contribution in [3.05, 3.63) is 41.5 Å². The van der Waals surface area contributed by atoms with Gasteiger partial charge in [0.05, 0.1) is 12.2 Å². The second kappa shape index (κ2) is 5.37. The molecule has 0 amide bonds. The molecule has 0 aliphatic rings. The van der Waals surface area contributed by atoms with Crippen molar-refractivity contribution >= 4 is 0 Å². The summed E-state index contributed by atoms with van der Waals surface area (Å²) < 4.78 is 1.85. The molecule has 108 valence electrons. The minimum Gasteiger partial charge on any atom is -0.324 e. The van der Waals surface area contributed by atoms with E-state index < -0.39 is 0 Å². The average molecular weight is 272 g/mol. The molecule has 0 aliphatic heterocycles. The third-order valence-electron chi connectivity index (χ3n) is 3.37. The zero-order valence-corrected chi connectivity index (χ0v) is 13.0. The summed E-state index contributed by atoms with van der Waals surface area (Å²) in [5, 5.41) is 4.57. The fourth-order valence-electron chi connectivity index (χ4n) is 2.05. The van der Waals surface area contributed by atoms with Crippen LogP contribution < -0.4 is 5.73 Å². The van der Waals surface area contributed by atoms with E-state index in [0.717, 1.165) is 17.3 Å². The van der Waals surface area contributed by atoms with E-state index >= 15 is 0 Å². The Hall–Kier alpha value is -1.68. The first-order chi connectivity index (χ1) is 9.32. The molecule has 1 aromatic carbocycles. The number of aromatic nitrogens is 3. The molecule has 0 fully saturated rings. The molecule has 0 saturated heterocycles. The molecule has 1 aromatic heterocycles. The van der Waals surface area contributed by atoms with Crippen molar-refractivity contribution in [1.82, 2.24) is 14.8 Å². The van der Waals surface area contributed by atoms with Gasteiger partial charge in [0.2, 0.25) is 0 Å². The van der Waals surface area contributed by atoms with Crippen LogP contribution in [0, 0.1) is 0 Å². The highest BCUT2D eigenvalue weighted by molar-refractivity contribution is 5.37. The van der Waals surface area contributed by atoms with Crippen LogP contribution in [0.15, 0.2) is 24.3 Å². The van der Waals surface area contributed by atoms with Gasteiger partial charge >= 0.3 is 0 Å². The van der Waals surface area contributed by atoms with Crippen molar-refractivity contribution in [3.8, 4) is 5.69 Å². The summed E-state index contributed by atoms with van der Waals surface area (Å²) in [5.74, 6) is 1.94. The van der Waals surface area contributed by atoms with Crippen LogP contribution in [0.1, 0.15) is 57.7 Å². The van der Waals surface area contributed by atoms with Gasteiger partial charge in [-0.25, -0.2) is 9.67 Å². The Morgan fingerprint density at radius 2 is 1.75 bits per heavy atom. The highest BCUT2D eigenvalue weighted by Crippen LogP contribution is 2.23. The topological polar surface area (TPSA) is 56.7 Å². The maximum Gasteiger partial charge on any atom is 0.153 e. The number of benzene rings is 1. The number of hydrogen-bond donors (Lipinski definition) is 1.